The number of amides is 3. The number of halogens is 2. The van der Waals surface area contributed by atoms with E-state index in [1.165, 1.54) is 30.5 Å². The molecule has 3 aromatic rings. The lowest BCUT2D eigenvalue weighted by Crippen LogP contribution is -2.43. The zero-order chi connectivity index (χ0) is 29.8. The second-order valence-electron chi connectivity index (χ2n) is 8.69. The minimum absolute atomic E-state index is 0.311. The molecule has 11 heteroatoms. The summed E-state index contributed by atoms with van der Waals surface area (Å²) in [5.74, 6) is -1.01. The summed E-state index contributed by atoms with van der Waals surface area (Å²) in [6, 6.07) is 14.9. The first-order valence-corrected chi connectivity index (χ1v) is 13.5. The maximum absolute atomic E-state index is 13.1. The molecular formula is C30H30BrFN4O5. The van der Waals surface area contributed by atoms with Crippen LogP contribution in [0.5, 0.6) is 11.5 Å². The van der Waals surface area contributed by atoms with E-state index >= 15 is 0 Å². The fraction of sp³-hybridized carbons (Fsp3) is 0.200. The fourth-order valence-electron chi connectivity index (χ4n) is 3.61. The number of hydrazone groups is 1. The van der Waals surface area contributed by atoms with Crippen molar-refractivity contribution in [2.45, 2.75) is 26.3 Å². The van der Waals surface area contributed by atoms with Gasteiger partial charge in [0.15, 0.2) is 18.1 Å². The van der Waals surface area contributed by atoms with Gasteiger partial charge in [-0.2, -0.15) is 5.10 Å². The molecule has 1 atom stereocenters. The van der Waals surface area contributed by atoms with Crippen LogP contribution >= 0.6 is 15.9 Å². The quantitative estimate of drug-likeness (QED) is 0.140. The molecule has 0 fully saturated rings. The van der Waals surface area contributed by atoms with Crippen LogP contribution in [0.2, 0.25) is 0 Å². The molecule has 9 nitrogen and oxygen atoms in total. The highest BCUT2D eigenvalue weighted by atomic mass is 79.9. The Bertz CT molecular complexity index is 1430. The second kappa shape index (κ2) is 15.3. The van der Waals surface area contributed by atoms with E-state index in [1.807, 2.05) is 6.92 Å². The number of carbonyl (C=O) groups is 3. The number of ether oxygens (including phenoxy) is 2. The lowest BCUT2D eigenvalue weighted by molar-refractivity contribution is -0.122. The van der Waals surface area contributed by atoms with Gasteiger partial charge in [-0.3, -0.25) is 14.4 Å². The third-order valence-corrected chi connectivity index (χ3v) is 6.23. The smallest absolute Gasteiger partial charge is 0.262 e. The second-order valence-corrected chi connectivity index (χ2v) is 9.54. The third kappa shape index (κ3) is 9.28. The molecule has 214 valence electrons. The molecule has 0 saturated carbocycles. The predicted octanol–water partition coefficient (Wildman–Crippen LogP) is 5.00. The van der Waals surface area contributed by atoms with Gasteiger partial charge in [0.25, 0.3) is 17.7 Å². The number of rotatable bonds is 13. The van der Waals surface area contributed by atoms with Crippen molar-refractivity contribution in [3.05, 3.63) is 100 Å². The van der Waals surface area contributed by atoms with Crippen molar-refractivity contribution >= 4 is 45.6 Å². The average Bonchev–Trinajstić information content (AvgIpc) is 2.94. The van der Waals surface area contributed by atoms with Crippen LogP contribution in [0.1, 0.15) is 35.3 Å². The highest BCUT2D eigenvalue weighted by molar-refractivity contribution is 9.10. The van der Waals surface area contributed by atoms with E-state index in [1.54, 1.807) is 49.4 Å². The largest absolute Gasteiger partial charge is 0.490 e. The predicted molar refractivity (Wildman–Crippen MR) is 159 cm³/mol. The van der Waals surface area contributed by atoms with Crippen molar-refractivity contribution < 1.29 is 28.2 Å². The number of nitrogens with zero attached hydrogens (tertiary/aromatic N) is 1. The van der Waals surface area contributed by atoms with Gasteiger partial charge in [0.2, 0.25) is 0 Å². The molecule has 0 radical (unpaired) electrons. The van der Waals surface area contributed by atoms with Gasteiger partial charge >= 0.3 is 0 Å². The van der Waals surface area contributed by atoms with Gasteiger partial charge in [-0.15, -0.1) is 6.58 Å². The van der Waals surface area contributed by atoms with Crippen molar-refractivity contribution in [3.8, 4) is 11.5 Å². The van der Waals surface area contributed by atoms with Crippen molar-refractivity contribution in [2.75, 3.05) is 18.5 Å². The van der Waals surface area contributed by atoms with E-state index in [0.29, 0.717) is 51.4 Å². The summed E-state index contributed by atoms with van der Waals surface area (Å²) < 4.78 is 25.3. The van der Waals surface area contributed by atoms with Crippen molar-refractivity contribution in [3.63, 3.8) is 0 Å². The first kappa shape index (κ1) is 31.0. The highest BCUT2D eigenvalue weighted by Gasteiger charge is 2.18. The third-order valence-electron chi connectivity index (χ3n) is 5.54. The Morgan fingerprint density at radius 2 is 1.83 bits per heavy atom. The van der Waals surface area contributed by atoms with Crippen LogP contribution in [0.15, 0.2) is 82.9 Å². The van der Waals surface area contributed by atoms with Gasteiger partial charge in [0.05, 0.1) is 18.4 Å². The number of nitrogens with one attached hydrogen (secondary N) is 3. The standard InChI is InChI=1S/C30H30BrFN4O5/c1-4-8-21-15-20(17-33-36-29(38)19(3)34-30(39)24-9-6-7-10-25(24)31)16-26(40-5-2)28(21)41-18-27(37)35-23-13-11-22(32)12-14-23/h4,6-7,9-17,19H,1,5,8,18H2,2-3H3,(H,34,39)(H,35,37)(H,36,38). The van der Waals surface area contributed by atoms with E-state index in [0.717, 1.165) is 0 Å². The van der Waals surface area contributed by atoms with Crippen LogP contribution in [0.3, 0.4) is 0 Å². The molecule has 3 aromatic carbocycles. The summed E-state index contributed by atoms with van der Waals surface area (Å²) in [6.45, 7) is 7.16. The van der Waals surface area contributed by atoms with E-state index in [4.69, 9.17) is 9.47 Å². The molecule has 0 bridgehead atoms. The minimum atomic E-state index is -0.848. The average molecular weight is 625 g/mol. The SMILES string of the molecule is C=CCc1cc(C=NNC(=O)C(C)NC(=O)c2ccccc2Br)cc(OCC)c1OCC(=O)Nc1ccc(F)cc1. The van der Waals surface area contributed by atoms with E-state index in [9.17, 15) is 18.8 Å². The van der Waals surface area contributed by atoms with Crippen LogP contribution in [-0.2, 0) is 16.0 Å². The minimum Gasteiger partial charge on any atom is -0.490 e. The van der Waals surface area contributed by atoms with Crippen LogP contribution in [0, 0.1) is 5.82 Å². The number of hydrogen-bond acceptors (Lipinski definition) is 6. The summed E-state index contributed by atoms with van der Waals surface area (Å²) in [7, 11) is 0. The molecule has 41 heavy (non-hydrogen) atoms. The molecule has 0 aliphatic carbocycles. The van der Waals surface area contributed by atoms with E-state index in [2.05, 4.69) is 43.7 Å². The molecule has 0 aromatic heterocycles. The summed E-state index contributed by atoms with van der Waals surface area (Å²) in [5.41, 5.74) is 4.54. The van der Waals surface area contributed by atoms with Crippen LogP contribution in [-0.4, -0.2) is 43.2 Å². The van der Waals surface area contributed by atoms with Crippen LogP contribution in [0.25, 0.3) is 0 Å². The molecular weight excluding hydrogens is 595 g/mol. The number of carbonyl (C=O) groups excluding carboxylic acids is 3. The van der Waals surface area contributed by atoms with Gasteiger partial charge < -0.3 is 20.1 Å². The molecule has 3 rings (SSSR count). The van der Waals surface area contributed by atoms with Crippen LogP contribution in [0.4, 0.5) is 10.1 Å². The topological polar surface area (TPSA) is 118 Å². The Kier molecular flexibility index (Phi) is 11.6. The van der Waals surface area contributed by atoms with Gasteiger partial charge in [0.1, 0.15) is 11.9 Å². The zero-order valence-corrected chi connectivity index (χ0v) is 24.2. The lowest BCUT2D eigenvalue weighted by Gasteiger charge is -2.16. The summed E-state index contributed by atoms with van der Waals surface area (Å²) in [4.78, 5) is 37.4. The Balaban J connectivity index is 1.67. The molecule has 0 saturated heterocycles. The molecule has 1 unspecified atom stereocenters. The first-order chi connectivity index (χ1) is 19.7. The van der Waals surface area contributed by atoms with Gasteiger partial charge in [-0.05, 0) is 90.3 Å². The first-order valence-electron chi connectivity index (χ1n) is 12.7. The van der Waals surface area contributed by atoms with E-state index < -0.39 is 29.6 Å². The fourth-order valence-corrected chi connectivity index (χ4v) is 4.08. The number of allylic oxidation sites excluding steroid dienone is 1. The molecule has 3 N–H and O–H groups in total. The molecule has 0 aliphatic heterocycles. The number of anilines is 1. The highest BCUT2D eigenvalue weighted by Crippen LogP contribution is 2.33. The summed E-state index contributed by atoms with van der Waals surface area (Å²) in [6.07, 6.45) is 3.51. The monoisotopic (exact) mass is 624 g/mol. The zero-order valence-electron chi connectivity index (χ0n) is 22.6. The number of benzene rings is 3. The van der Waals surface area contributed by atoms with Gasteiger partial charge in [0, 0.05) is 15.7 Å². The molecule has 0 heterocycles. The molecule has 0 aliphatic rings. The van der Waals surface area contributed by atoms with Crippen molar-refractivity contribution in [1.29, 1.82) is 0 Å². The molecule has 0 spiro atoms. The Labute approximate surface area is 245 Å². The normalized spacial score (nSPS) is 11.4. The lowest BCUT2D eigenvalue weighted by atomic mass is 10.1. The van der Waals surface area contributed by atoms with Gasteiger partial charge in [-0.1, -0.05) is 18.2 Å². The summed E-state index contributed by atoms with van der Waals surface area (Å²) >= 11 is 3.32. The van der Waals surface area contributed by atoms with Crippen molar-refractivity contribution in [1.82, 2.24) is 10.7 Å². The molecule has 3 amide bonds. The van der Waals surface area contributed by atoms with Crippen LogP contribution < -0.4 is 25.5 Å². The Morgan fingerprint density at radius 3 is 2.51 bits per heavy atom. The Morgan fingerprint density at radius 1 is 1.10 bits per heavy atom. The number of hydrogen-bond donors (Lipinski definition) is 3. The maximum Gasteiger partial charge on any atom is 0.262 e. The van der Waals surface area contributed by atoms with E-state index in [-0.39, 0.29) is 6.61 Å². The summed E-state index contributed by atoms with van der Waals surface area (Å²) in [5, 5.41) is 9.30. The Hall–Kier alpha value is -4.51. The van der Waals surface area contributed by atoms with Gasteiger partial charge in [-0.25, -0.2) is 9.82 Å². The van der Waals surface area contributed by atoms with Crippen molar-refractivity contribution in [2.24, 2.45) is 5.10 Å². The maximum atomic E-state index is 13.1.